The number of rotatable bonds is 1. The highest BCUT2D eigenvalue weighted by atomic mass is 19.1. The molecule has 1 aromatic carbocycles. The van der Waals surface area contributed by atoms with E-state index < -0.39 is 17.3 Å². The van der Waals surface area contributed by atoms with Gasteiger partial charge in [-0.15, -0.1) is 0 Å². The molecule has 1 heterocycles. The molecule has 0 radical (unpaired) electrons. The maximum Gasteiger partial charge on any atom is 0.331 e. The Morgan fingerprint density at radius 3 is 2.83 bits per heavy atom. The van der Waals surface area contributed by atoms with Crippen LogP contribution in [-0.2, 0) is 9.53 Å². The van der Waals surface area contributed by atoms with E-state index in [0.717, 1.165) is 0 Å². The van der Waals surface area contributed by atoms with Crippen LogP contribution in [0.15, 0.2) is 24.3 Å². The van der Waals surface area contributed by atoms with Crippen LogP contribution in [0.25, 0.3) is 0 Å². The molecular formula is C13H14FNO3. The second-order valence-electron chi connectivity index (χ2n) is 4.66. The summed E-state index contributed by atoms with van der Waals surface area (Å²) in [4.78, 5) is 25.3. The lowest BCUT2D eigenvalue weighted by Gasteiger charge is -2.40. The second-order valence-corrected chi connectivity index (χ2v) is 4.66. The summed E-state index contributed by atoms with van der Waals surface area (Å²) in [6.45, 7) is 3.72. The number of benzene rings is 1. The van der Waals surface area contributed by atoms with Gasteiger partial charge in [0, 0.05) is 5.56 Å². The van der Waals surface area contributed by atoms with E-state index in [2.05, 4.69) is 0 Å². The first kappa shape index (κ1) is 12.5. The minimum atomic E-state index is -1.03. The molecule has 0 bridgehead atoms. The number of esters is 1. The van der Waals surface area contributed by atoms with Crippen molar-refractivity contribution in [1.29, 1.82) is 0 Å². The summed E-state index contributed by atoms with van der Waals surface area (Å²) in [5.74, 6) is -1.28. The minimum Gasteiger partial charge on any atom is -0.462 e. The average molecular weight is 251 g/mol. The topological polar surface area (TPSA) is 46.6 Å². The van der Waals surface area contributed by atoms with E-state index in [1.165, 1.54) is 29.2 Å². The van der Waals surface area contributed by atoms with Gasteiger partial charge in [-0.3, -0.25) is 4.79 Å². The maximum atomic E-state index is 13.1. The van der Waals surface area contributed by atoms with Crippen molar-refractivity contribution in [3.8, 4) is 0 Å². The third-order valence-corrected chi connectivity index (χ3v) is 3.04. The molecule has 0 atom stereocenters. The van der Waals surface area contributed by atoms with E-state index in [0.29, 0.717) is 6.54 Å². The first-order valence-corrected chi connectivity index (χ1v) is 5.67. The lowest BCUT2D eigenvalue weighted by atomic mass is 10.00. The molecule has 1 saturated heterocycles. The molecule has 0 spiro atoms. The van der Waals surface area contributed by atoms with Gasteiger partial charge in [0.15, 0.2) is 0 Å². The zero-order valence-electron chi connectivity index (χ0n) is 10.3. The Morgan fingerprint density at radius 2 is 2.17 bits per heavy atom. The lowest BCUT2D eigenvalue weighted by molar-refractivity contribution is -0.162. The molecule has 0 aliphatic carbocycles. The molecule has 0 saturated carbocycles. The van der Waals surface area contributed by atoms with Gasteiger partial charge in [-0.05, 0) is 32.0 Å². The number of hydrogen-bond acceptors (Lipinski definition) is 3. The highest BCUT2D eigenvalue weighted by molar-refractivity contribution is 5.98. The third-order valence-electron chi connectivity index (χ3n) is 3.04. The van der Waals surface area contributed by atoms with Crippen molar-refractivity contribution in [2.75, 3.05) is 13.2 Å². The standard InChI is InChI=1S/C13H14FNO3/c1-13(2)12(17)18-7-6-15(13)11(16)9-4-3-5-10(14)8-9/h3-5,8H,6-7H2,1-2H3. The largest absolute Gasteiger partial charge is 0.462 e. The van der Waals surface area contributed by atoms with Crippen LogP contribution in [-0.4, -0.2) is 35.5 Å². The summed E-state index contributed by atoms with van der Waals surface area (Å²) in [6.07, 6.45) is 0. The van der Waals surface area contributed by atoms with Crippen molar-refractivity contribution in [3.63, 3.8) is 0 Å². The number of carbonyl (C=O) groups excluding carboxylic acids is 2. The van der Waals surface area contributed by atoms with Crippen molar-refractivity contribution >= 4 is 11.9 Å². The summed E-state index contributed by atoms with van der Waals surface area (Å²) < 4.78 is 18.0. The molecule has 1 aliphatic heterocycles. The minimum absolute atomic E-state index is 0.170. The molecule has 2 rings (SSSR count). The van der Waals surface area contributed by atoms with Gasteiger partial charge in [0.2, 0.25) is 0 Å². The summed E-state index contributed by atoms with van der Waals surface area (Å²) in [7, 11) is 0. The third kappa shape index (κ3) is 2.08. The summed E-state index contributed by atoms with van der Waals surface area (Å²) >= 11 is 0. The number of nitrogens with zero attached hydrogens (tertiary/aromatic N) is 1. The predicted octanol–water partition coefficient (Wildman–Crippen LogP) is 1.60. The van der Waals surface area contributed by atoms with E-state index in [1.807, 2.05) is 0 Å². The van der Waals surface area contributed by atoms with Crippen molar-refractivity contribution in [3.05, 3.63) is 35.6 Å². The normalized spacial score (nSPS) is 18.4. The van der Waals surface area contributed by atoms with E-state index in [4.69, 9.17) is 4.74 Å². The van der Waals surface area contributed by atoms with Crippen LogP contribution in [0.3, 0.4) is 0 Å². The molecule has 1 aromatic rings. The van der Waals surface area contributed by atoms with Crippen LogP contribution in [0.1, 0.15) is 24.2 Å². The van der Waals surface area contributed by atoms with Gasteiger partial charge in [-0.1, -0.05) is 6.07 Å². The molecule has 1 fully saturated rings. The Labute approximate surface area is 104 Å². The smallest absolute Gasteiger partial charge is 0.331 e. The van der Waals surface area contributed by atoms with Gasteiger partial charge in [0.1, 0.15) is 18.0 Å². The number of carbonyl (C=O) groups is 2. The SMILES string of the molecule is CC1(C)C(=O)OCCN1C(=O)c1cccc(F)c1. The number of cyclic esters (lactones) is 1. The second kappa shape index (κ2) is 4.40. The van der Waals surface area contributed by atoms with Gasteiger partial charge in [0.05, 0.1) is 6.54 Å². The summed E-state index contributed by atoms with van der Waals surface area (Å²) in [6, 6.07) is 5.43. The molecule has 0 unspecified atom stereocenters. The maximum absolute atomic E-state index is 13.1. The van der Waals surface area contributed by atoms with Gasteiger partial charge < -0.3 is 9.64 Å². The number of amides is 1. The fourth-order valence-electron chi connectivity index (χ4n) is 1.93. The van der Waals surface area contributed by atoms with Crippen LogP contribution in [0.4, 0.5) is 4.39 Å². The molecule has 0 aromatic heterocycles. The number of halogens is 1. The Bertz CT molecular complexity index is 499. The first-order valence-electron chi connectivity index (χ1n) is 5.67. The Kier molecular flexibility index (Phi) is 3.07. The Balaban J connectivity index is 2.31. The van der Waals surface area contributed by atoms with Crippen LogP contribution in [0, 0.1) is 5.82 Å². The summed E-state index contributed by atoms with van der Waals surface area (Å²) in [5, 5.41) is 0. The molecule has 1 aliphatic rings. The highest BCUT2D eigenvalue weighted by Crippen LogP contribution is 2.23. The van der Waals surface area contributed by atoms with Gasteiger partial charge in [0.25, 0.3) is 5.91 Å². The molecule has 18 heavy (non-hydrogen) atoms. The number of ether oxygens (including phenoxy) is 1. The van der Waals surface area contributed by atoms with Crippen LogP contribution >= 0.6 is 0 Å². The van der Waals surface area contributed by atoms with E-state index >= 15 is 0 Å². The molecule has 4 nitrogen and oxygen atoms in total. The first-order chi connectivity index (χ1) is 8.43. The van der Waals surface area contributed by atoms with Crippen molar-refractivity contribution in [1.82, 2.24) is 4.90 Å². The molecule has 1 amide bonds. The number of morpholine rings is 1. The van der Waals surface area contributed by atoms with Crippen LogP contribution in [0.5, 0.6) is 0 Å². The summed E-state index contributed by atoms with van der Waals surface area (Å²) in [5.41, 5.74) is -0.792. The van der Waals surface area contributed by atoms with E-state index in [-0.39, 0.29) is 18.1 Å². The average Bonchev–Trinajstić information content (AvgIpc) is 2.32. The zero-order valence-corrected chi connectivity index (χ0v) is 10.3. The quantitative estimate of drug-likeness (QED) is 0.712. The molecule has 5 heteroatoms. The van der Waals surface area contributed by atoms with Crippen LogP contribution < -0.4 is 0 Å². The zero-order chi connectivity index (χ0) is 13.3. The van der Waals surface area contributed by atoms with E-state index in [1.54, 1.807) is 13.8 Å². The fraction of sp³-hybridized carbons (Fsp3) is 0.385. The van der Waals surface area contributed by atoms with Crippen molar-refractivity contribution in [2.24, 2.45) is 0 Å². The van der Waals surface area contributed by atoms with Crippen molar-refractivity contribution in [2.45, 2.75) is 19.4 Å². The predicted molar refractivity (Wildman–Crippen MR) is 62.5 cm³/mol. The molecule has 96 valence electrons. The van der Waals surface area contributed by atoms with Gasteiger partial charge >= 0.3 is 5.97 Å². The Morgan fingerprint density at radius 1 is 1.44 bits per heavy atom. The Hall–Kier alpha value is -1.91. The number of hydrogen-bond donors (Lipinski definition) is 0. The van der Waals surface area contributed by atoms with E-state index in [9.17, 15) is 14.0 Å². The monoisotopic (exact) mass is 251 g/mol. The molecular weight excluding hydrogens is 237 g/mol. The lowest BCUT2D eigenvalue weighted by Crippen LogP contribution is -2.58. The molecule has 0 N–H and O–H groups in total. The highest BCUT2D eigenvalue weighted by Gasteiger charge is 2.42. The van der Waals surface area contributed by atoms with Crippen LogP contribution in [0.2, 0.25) is 0 Å². The van der Waals surface area contributed by atoms with Gasteiger partial charge in [-0.25, -0.2) is 9.18 Å². The van der Waals surface area contributed by atoms with Gasteiger partial charge in [-0.2, -0.15) is 0 Å². The fourth-order valence-corrected chi connectivity index (χ4v) is 1.93. The van der Waals surface area contributed by atoms with Crippen molar-refractivity contribution < 1.29 is 18.7 Å².